The number of benzene rings is 1. The van der Waals surface area contributed by atoms with Gasteiger partial charge in [0, 0.05) is 38.8 Å². The molecular weight excluding hydrogens is 310 g/mol. The molecule has 1 heterocycles. The van der Waals surface area contributed by atoms with E-state index >= 15 is 0 Å². The van der Waals surface area contributed by atoms with Crippen LogP contribution < -0.4 is 5.32 Å². The highest BCUT2D eigenvalue weighted by molar-refractivity contribution is 5.96. The molecule has 7 heteroatoms. The van der Waals surface area contributed by atoms with Crippen molar-refractivity contribution in [3.05, 3.63) is 29.3 Å². The van der Waals surface area contributed by atoms with Crippen LogP contribution >= 0.6 is 0 Å². The second kappa shape index (κ2) is 7.33. The van der Waals surface area contributed by atoms with E-state index in [0.29, 0.717) is 31.6 Å². The summed E-state index contributed by atoms with van der Waals surface area (Å²) in [7, 11) is 3.42. The first-order valence-electron chi connectivity index (χ1n) is 7.90. The van der Waals surface area contributed by atoms with Gasteiger partial charge < -0.3 is 20.2 Å². The Hall–Kier alpha value is -2.57. The van der Waals surface area contributed by atoms with Gasteiger partial charge in [-0.25, -0.2) is 9.59 Å². The van der Waals surface area contributed by atoms with Crippen LogP contribution in [0.25, 0.3) is 0 Å². The average Bonchev–Trinajstić information content (AvgIpc) is 2.55. The fourth-order valence-electron chi connectivity index (χ4n) is 2.74. The van der Waals surface area contributed by atoms with Gasteiger partial charge in [-0.05, 0) is 37.5 Å². The lowest BCUT2D eigenvalue weighted by Crippen LogP contribution is -2.45. The third-order valence-corrected chi connectivity index (χ3v) is 4.26. The van der Waals surface area contributed by atoms with Gasteiger partial charge in [0.05, 0.1) is 5.56 Å². The molecule has 1 aliphatic rings. The van der Waals surface area contributed by atoms with Crippen LogP contribution in [0.5, 0.6) is 0 Å². The van der Waals surface area contributed by atoms with Crippen LogP contribution in [-0.4, -0.2) is 60.0 Å². The number of nitrogens with zero attached hydrogens (tertiary/aromatic N) is 2. The maximum absolute atomic E-state index is 12.4. The lowest BCUT2D eigenvalue weighted by molar-refractivity contribution is -0.121. The summed E-state index contributed by atoms with van der Waals surface area (Å²) in [6.07, 6.45) is 1.20. The smallest absolute Gasteiger partial charge is 0.335 e. The minimum atomic E-state index is -1.03. The Labute approximate surface area is 141 Å². The molecule has 0 aromatic heterocycles. The molecule has 0 radical (unpaired) electrons. The Bertz CT molecular complexity index is 649. The molecule has 3 amide bonds. The third-order valence-electron chi connectivity index (χ3n) is 4.26. The van der Waals surface area contributed by atoms with E-state index in [1.807, 2.05) is 6.92 Å². The quantitative estimate of drug-likeness (QED) is 0.885. The fraction of sp³-hybridized carbons (Fsp3) is 0.471. The van der Waals surface area contributed by atoms with Crippen molar-refractivity contribution in [2.24, 2.45) is 5.92 Å². The molecule has 0 saturated carbocycles. The van der Waals surface area contributed by atoms with Crippen LogP contribution in [0.15, 0.2) is 18.2 Å². The molecule has 1 saturated heterocycles. The molecule has 2 rings (SSSR count). The molecule has 2 N–H and O–H groups in total. The predicted octanol–water partition coefficient (Wildman–Crippen LogP) is 2.03. The number of hydrogen-bond acceptors (Lipinski definition) is 3. The SMILES string of the molecule is Cc1ccc(C(=O)O)cc1NC(=O)C1CCN(C(=O)N(C)C)CC1. The number of nitrogens with one attached hydrogen (secondary N) is 1. The third kappa shape index (κ3) is 4.04. The zero-order valence-electron chi connectivity index (χ0n) is 14.2. The van der Waals surface area contributed by atoms with Gasteiger partial charge in [0.2, 0.25) is 5.91 Å². The summed E-state index contributed by atoms with van der Waals surface area (Å²) >= 11 is 0. The summed E-state index contributed by atoms with van der Waals surface area (Å²) in [6, 6.07) is 4.62. The van der Waals surface area contributed by atoms with Crippen molar-refractivity contribution in [2.75, 3.05) is 32.5 Å². The number of aryl methyl sites for hydroxylation is 1. The van der Waals surface area contributed by atoms with E-state index in [-0.39, 0.29) is 23.4 Å². The molecule has 0 spiro atoms. The Kier molecular flexibility index (Phi) is 5.43. The minimum absolute atomic E-state index is 0.0427. The molecule has 1 aliphatic heterocycles. The number of rotatable bonds is 3. The second-order valence-corrected chi connectivity index (χ2v) is 6.26. The van der Waals surface area contributed by atoms with Gasteiger partial charge in [-0.15, -0.1) is 0 Å². The number of amides is 3. The number of carboxylic acid groups (broad SMARTS) is 1. The molecule has 1 fully saturated rings. The Morgan fingerprint density at radius 3 is 2.38 bits per heavy atom. The minimum Gasteiger partial charge on any atom is -0.478 e. The highest BCUT2D eigenvalue weighted by Gasteiger charge is 2.28. The highest BCUT2D eigenvalue weighted by atomic mass is 16.4. The van der Waals surface area contributed by atoms with Gasteiger partial charge in [-0.2, -0.15) is 0 Å². The first-order valence-corrected chi connectivity index (χ1v) is 7.90. The summed E-state index contributed by atoms with van der Waals surface area (Å²) in [6.45, 7) is 2.91. The van der Waals surface area contributed by atoms with Gasteiger partial charge in [0.25, 0.3) is 0 Å². The average molecular weight is 333 g/mol. The first-order chi connectivity index (χ1) is 11.3. The fourth-order valence-corrected chi connectivity index (χ4v) is 2.74. The summed E-state index contributed by atoms with van der Waals surface area (Å²) in [5, 5.41) is 11.9. The van der Waals surface area contributed by atoms with E-state index in [1.165, 1.54) is 17.0 Å². The van der Waals surface area contributed by atoms with Gasteiger partial charge in [-0.3, -0.25) is 4.79 Å². The summed E-state index contributed by atoms with van der Waals surface area (Å²) in [5.74, 6) is -1.33. The molecule has 1 aromatic rings. The Morgan fingerprint density at radius 2 is 1.83 bits per heavy atom. The number of piperidine rings is 1. The zero-order chi connectivity index (χ0) is 17.9. The molecule has 0 atom stereocenters. The predicted molar refractivity (Wildman–Crippen MR) is 90.1 cm³/mol. The number of hydrogen-bond donors (Lipinski definition) is 2. The number of likely N-dealkylation sites (tertiary alicyclic amines) is 1. The van der Waals surface area contributed by atoms with Gasteiger partial charge in [-0.1, -0.05) is 6.07 Å². The van der Waals surface area contributed by atoms with Crippen molar-refractivity contribution in [3.8, 4) is 0 Å². The van der Waals surface area contributed by atoms with Gasteiger partial charge in [0.1, 0.15) is 0 Å². The molecule has 24 heavy (non-hydrogen) atoms. The monoisotopic (exact) mass is 333 g/mol. The summed E-state index contributed by atoms with van der Waals surface area (Å²) in [5.41, 5.74) is 1.47. The lowest BCUT2D eigenvalue weighted by atomic mass is 9.95. The maximum Gasteiger partial charge on any atom is 0.335 e. The van der Waals surface area contributed by atoms with E-state index in [1.54, 1.807) is 25.1 Å². The van der Waals surface area contributed by atoms with Crippen molar-refractivity contribution < 1.29 is 19.5 Å². The van der Waals surface area contributed by atoms with E-state index < -0.39 is 5.97 Å². The Balaban J connectivity index is 1.98. The van der Waals surface area contributed by atoms with E-state index in [9.17, 15) is 14.4 Å². The largest absolute Gasteiger partial charge is 0.478 e. The van der Waals surface area contributed by atoms with Crippen molar-refractivity contribution >= 4 is 23.6 Å². The van der Waals surface area contributed by atoms with Crippen molar-refractivity contribution in [1.29, 1.82) is 0 Å². The van der Waals surface area contributed by atoms with E-state index in [4.69, 9.17) is 5.11 Å². The van der Waals surface area contributed by atoms with Crippen LogP contribution in [-0.2, 0) is 4.79 Å². The van der Waals surface area contributed by atoms with Crippen LogP contribution in [0.4, 0.5) is 10.5 Å². The molecule has 0 bridgehead atoms. The van der Waals surface area contributed by atoms with Crippen molar-refractivity contribution in [1.82, 2.24) is 9.80 Å². The van der Waals surface area contributed by atoms with Crippen LogP contribution in [0.2, 0.25) is 0 Å². The van der Waals surface area contributed by atoms with Crippen LogP contribution in [0, 0.1) is 12.8 Å². The maximum atomic E-state index is 12.4. The standard InChI is InChI=1S/C17H23N3O4/c1-11-4-5-13(16(22)23)10-14(11)18-15(21)12-6-8-20(9-7-12)17(24)19(2)3/h4-5,10,12H,6-9H2,1-3H3,(H,18,21)(H,22,23). The topological polar surface area (TPSA) is 90.0 Å². The molecule has 7 nitrogen and oxygen atoms in total. The molecule has 0 unspecified atom stereocenters. The number of aromatic carboxylic acids is 1. The second-order valence-electron chi connectivity index (χ2n) is 6.26. The number of anilines is 1. The molecule has 130 valence electrons. The molecular formula is C17H23N3O4. The lowest BCUT2D eigenvalue weighted by Gasteiger charge is -2.33. The van der Waals surface area contributed by atoms with Crippen molar-refractivity contribution in [3.63, 3.8) is 0 Å². The Morgan fingerprint density at radius 1 is 1.21 bits per heavy atom. The van der Waals surface area contributed by atoms with Crippen LogP contribution in [0.3, 0.4) is 0 Å². The molecule has 1 aromatic carbocycles. The van der Waals surface area contributed by atoms with E-state index in [2.05, 4.69) is 5.32 Å². The zero-order valence-corrected chi connectivity index (χ0v) is 14.2. The van der Waals surface area contributed by atoms with E-state index in [0.717, 1.165) is 5.56 Å². The number of carbonyl (C=O) groups is 3. The van der Waals surface area contributed by atoms with Gasteiger partial charge >= 0.3 is 12.0 Å². The number of carboxylic acids is 1. The van der Waals surface area contributed by atoms with Gasteiger partial charge in [0.15, 0.2) is 0 Å². The van der Waals surface area contributed by atoms with Crippen molar-refractivity contribution in [2.45, 2.75) is 19.8 Å². The normalized spacial score (nSPS) is 15.0. The first kappa shape index (κ1) is 17.8. The molecule has 0 aliphatic carbocycles. The van der Waals surface area contributed by atoms with Crippen LogP contribution in [0.1, 0.15) is 28.8 Å². The number of carbonyl (C=O) groups excluding carboxylic acids is 2. The number of urea groups is 1. The highest BCUT2D eigenvalue weighted by Crippen LogP contribution is 2.22. The summed E-state index contributed by atoms with van der Waals surface area (Å²) in [4.78, 5) is 38.7. The summed E-state index contributed by atoms with van der Waals surface area (Å²) < 4.78 is 0.